The van der Waals surface area contributed by atoms with Crippen molar-refractivity contribution in [1.29, 1.82) is 0 Å². The summed E-state index contributed by atoms with van der Waals surface area (Å²) in [6, 6.07) is 0. The largest absolute Gasteiger partial charge is 0.393 e. The molecule has 0 aromatic heterocycles. The maximum absolute atomic E-state index is 9.81. The van der Waals surface area contributed by atoms with E-state index in [1.807, 2.05) is 0 Å². The molecule has 0 radical (unpaired) electrons. The van der Waals surface area contributed by atoms with Gasteiger partial charge in [-0.05, 0) is 72.0 Å². The van der Waals surface area contributed by atoms with Crippen molar-refractivity contribution < 1.29 is 10.2 Å². The van der Waals surface area contributed by atoms with Gasteiger partial charge in [0.1, 0.15) is 0 Å². The zero-order valence-corrected chi connectivity index (χ0v) is 15.4. The van der Waals surface area contributed by atoms with Crippen molar-refractivity contribution in [2.45, 2.75) is 92.3 Å². The molecule has 2 nitrogen and oxygen atoms in total. The Morgan fingerprint density at radius 3 is 1.05 bits per heavy atom. The fourth-order valence-corrected chi connectivity index (χ4v) is 6.32. The summed E-state index contributed by atoms with van der Waals surface area (Å²) in [5.41, 5.74) is 1.20. The zero-order valence-electron chi connectivity index (χ0n) is 15.4. The van der Waals surface area contributed by atoms with Crippen molar-refractivity contribution in [3.63, 3.8) is 0 Å². The minimum Gasteiger partial charge on any atom is -0.393 e. The van der Waals surface area contributed by atoms with Crippen LogP contribution in [-0.4, -0.2) is 22.4 Å². The van der Waals surface area contributed by atoms with E-state index < -0.39 is 0 Å². The molecule has 4 aliphatic rings. The Labute approximate surface area is 136 Å². The SMILES string of the molecule is CC1(C)[C@@H]2CC[C@@]1(C)[C@@H](O)C2.CC1(C)[C@H]2CC[C@]1(C)[C@H](O)C2. The lowest BCUT2D eigenvalue weighted by atomic mass is 9.70. The first kappa shape index (κ1) is 16.8. The predicted octanol–water partition coefficient (Wildman–Crippen LogP) is 4.39. The Kier molecular flexibility index (Phi) is 3.60. The Morgan fingerprint density at radius 2 is 0.955 bits per heavy atom. The predicted molar refractivity (Wildman–Crippen MR) is 90.5 cm³/mol. The average Bonchev–Trinajstić information content (AvgIpc) is 2.91. The van der Waals surface area contributed by atoms with Gasteiger partial charge in [-0.3, -0.25) is 0 Å². The molecule has 0 saturated heterocycles. The van der Waals surface area contributed by atoms with Crippen molar-refractivity contribution in [3.8, 4) is 0 Å². The van der Waals surface area contributed by atoms with E-state index in [1.165, 1.54) is 25.7 Å². The smallest absolute Gasteiger partial charge is 0.0601 e. The second-order valence-electron chi connectivity index (χ2n) is 10.3. The topological polar surface area (TPSA) is 40.5 Å². The third-order valence-electron chi connectivity index (χ3n) is 9.50. The summed E-state index contributed by atoms with van der Waals surface area (Å²) < 4.78 is 0. The highest BCUT2D eigenvalue weighted by Crippen LogP contribution is 2.66. The molecule has 6 atom stereocenters. The van der Waals surface area contributed by atoms with Gasteiger partial charge < -0.3 is 10.2 Å². The molecule has 0 aliphatic heterocycles. The molecule has 22 heavy (non-hydrogen) atoms. The van der Waals surface area contributed by atoms with E-state index in [9.17, 15) is 10.2 Å². The molecule has 2 heteroatoms. The average molecular weight is 309 g/mol. The Hall–Kier alpha value is -0.0800. The van der Waals surface area contributed by atoms with Crippen LogP contribution in [0.25, 0.3) is 0 Å². The van der Waals surface area contributed by atoms with Gasteiger partial charge in [-0.2, -0.15) is 0 Å². The molecule has 128 valence electrons. The van der Waals surface area contributed by atoms with Gasteiger partial charge >= 0.3 is 0 Å². The number of aliphatic hydroxyl groups excluding tert-OH is 2. The summed E-state index contributed by atoms with van der Waals surface area (Å²) in [7, 11) is 0. The molecule has 0 aromatic carbocycles. The third kappa shape index (κ3) is 1.86. The molecule has 0 spiro atoms. The Bertz CT molecular complexity index is 413. The van der Waals surface area contributed by atoms with Crippen molar-refractivity contribution in [2.24, 2.45) is 33.5 Å². The fraction of sp³-hybridized carbons (Fsp3) is 1.00. The lowest BCUT2D eigenvalue weighted by molar-refractivity contribution is 0.0125. The van der Waals surface area contributed by atoms with Crippen LogP contribution in [0.1, 0.15) is 80.1 Å². The van der Waals surface area contributed by atoms with Gasteiger partial charge in [0.15, 0.2) is 0 Å². The van der Waals surface area contributed by atoms with E-state index in [-0.39, 0.29) is 23.0 Å². The van der Waals surface area contributed by atoms with Crippen LogP contribution in [0.3, 0.4) is 0 Å². The molecule has 4 bridgehead atoms. The Balaban J connectivity index is 0.000000131. The van der Waals surface area contributed by atoms with E-state index in [0.29, 0.717) is 10.8 Å². The molecule has 0 amide bonds. The van der Waals surface area contributed by atoms with Crippen LogP contribution in [-0.2, 0) is 0 Å². The summed E-state index contributed by atoms with van der Waals surface area (Å²) in [4.78, 5) is 0. The van der Waals surface area contributed by atoms with Crippen molar-refractivity contribution in [3.05, 3.63) is 0 Å². The summed E-state index contributed by atoms with van der Waals surface area (Å²) in [5, 5.41) is 19.6. The molecule has 0 heterocycles. The third-order valence-corrected chi connectivity index (χ3v) is 9.50. The standard InChI is InChI=1S/2C10H18O/c2*1-9(2)7-4-5-10(9,3)8(11)6-7/h2*7-8,11H,4-6H2,1-3H3/t2*7-,8+,10+/m10/s1. The van der Waals surface area contributed by atoms with Gasteiger partial charge in [0.2, 0.25) is 0 Å². The summed E-state index contributed by atoms with van der Waals surface area (Å²) in [6.45, 7) is 13.8. The quantitative estimate of drug-likeness (QED) is 0.697. The molecule has 0 unspecified atom stereocenters. The van der Waals surface area contributed by atoms with Crippen LogP contribution in [0, 0.1) is 33.5 Å². The van der Waals surface area contributed by atoms with Crippen molar-refractivity contribution in [2.75, 3.05) is 0 Å². The van der Waals surface area contributed by atoms with E-state index in [0.717, 1.165) is 24.7 Å². The fourth-order valence-electron chi connectivity index (χ4n) is 6.32. The van der Waals surface area contributed by atoms with Gasteiger partial charge in [-0.1, -0.05) is 41.5 Å². The van der Waals surface area contributed by atoms with Gasteiger partial charge in [-0.15, -0.1) is 0 Å². The van der Waals surface area contributed by atoms with Crippen LogP contribution in [0.2, 0.25) is 0 Å². The Morgan fingerprint density at radius 1 is 0.636 bits per heavy atom. The molecular weight excluding hydrogens is 272 g/mol. The second-order valence-corrected chi connectivity index (χ2v) is 10.3. The second kappa shape index (κ2) is 4.72. The van der Waals surface area contributed by atoms with Crippen LogP contribution in [0.5, 0.6) is 0 Å². The number of fused-ring (bicyclic) bond motifs is 4. The van der Waals surface area contributed by atoms with Crippen LogP contribution >= 0.6 is 0 Å². The first-order valence-corrected chi connectivity index (χ1v) is 9.33. The van der Waals surface area contributed by atoms with E-state index in [2.05, 4.69) is 41.5 Å². The summed E-state index contributed by atoms with van der Waals surface area (Å²) >= 11 is 0. The lowest BCUT2D eigenvalue weighted by Gasteiger charge is -2.36. The maximum Gasteiger partial charge on any atom is 0.0601 e. The number of aliphatic hydroxyl groups is 2. The first-order chi connectivity index (χ1) is 9.97. The maximum atomic E-state index is 9.81. The summed E-state index contributed by atoms with van der Waals surface area (Å²) in [5.74, 6) is 1.56. The van der Waals surface area contributed by atoms with Gasteiger partial charge in [0.25, 0.3) is 0 Å². The van der Waals surface area contributed by atoms with Crippen LogP contribution < -0.4 is 0 Å². The normalized spacial score (nSPS) is 53.5. The number of hydrogen-bond acceptors (Lipinski definition) is 2. The molecule has 4 saturated carbocycles. The number of hydrogen-bond donors (Lipinski definition) is 2. The first-order valence-electron chi connectivity index (χ1n) is 9.33. The van der Waals surface area contributed by atoms with Crippen molar-refractivity contribution >= 4 is 0 Å². The minimum absolute atomic E-state index is 0.0313. The molecular formula is C20H36O2. The highest BCUT2D eigenvalue weighted by atomic mass is 16.3. The van der Waals surface area contributed by atoms with Crippen LogP contribution in [0.4, 0.5) is 0 Å². The van der Waals surface area contributed by atoms with E-state index >= 15 is 0 Å². The molecule has 4 aliphatic carbocycles. The van der Waals surface area contributed by atoms with Gasteiger partial charge in [-0.25, -0.2) is 0 Å². The highest BCUT2D eigenvalue weighted by molar-refractivity contribution is 5.11. The highest BCUT2D eigenvalue weighted by Gasteiger charge is 2.61. The van der Waals surface area contributed by atoms with Gasteiger partial charge in [0.05, 0.1) is 12.2 Å². The zero-order chi connectivity index (χ0) is 16.6. The number of rotatable bonds is 0. The van der Waals surface area contributed by atoms with Crippen molar-refractivity contribution in [1.82, 2.24) is 0 Å². The van der Waals surface area contributed by atoms with Gasteiger partial charge in [0, 0.05) is 0 Å². The molecule has 2 N–H and O–H groups in total. The minimum atomic E-state index is -0.0313. The van der Waals surface area contributed by atoms with E-state index in [1.54, 1.807) is 0 Å². The van der Waals surface area contributed by atoms with Crippen LogP contribution in [0.15, 0.2) is 0 Å². The monoisotopic (exact) mass is 308 g/mol. The molecule has 4 rings (SSSR count). The molecule has 0 aromatic rings. The summed E-state index contributed by atoms with van der Waals surface area (Å²) in [6.07, 6.45) is 7.15. The van der Waals surface area contributed by atoms with E-state index in [4.69, 9.17) is 0 Å². The lowest BCUT2D eigenvalue weighted by Crippen LogP contribution is -2.35. The molecule has 4 fully saturated rings.